The zero-order valence-corrected chi connectivity index (χ0v) is 12.6. The number of hydrogen-bond donors (Lipinski definition) is 2. The molecule has 0 aliphatic carbocycles. The van der Waals surface area contributed by atoms with Gasteiger partial charge in [-0.05, 0) is 24.5 Å². The topological polar surface area (TPSA) is 55.1 Å². The summed E-state index contributed by atoms with van der Waals surface area (Å²) in [6.07, 6.45) is -3.99. The van der Waals surface area contributed by atoms with Crippen LogP contribution in [0.2, 0.25) is 0 Å². The Morgan fingerprint density at radius 1 is 1.33 bits per heavy atom. The van der Waals surface area contributed by atoms with Gasteiger partial charge in [0.1, 0.15) is 0 Å². The maximum Gasteiger partial charge on any atom is 0.389 e. The van der Waals surface area contributed by atoms with Crippen molar-refractivity contribution in [2.75, 3.05) is 5.32 Å². The van der Waals surface area contributed by atoms with Crippen LogP contribution in [0.15, 0.2) is 24.3 Å². The summed E-state index contributed by atoms with van der Waals surface area (Å²) in [4.78, 5) is 11.8. The Balaban J connectivity index is 0.00000400. The van der Waals surface area contributed by atoms with E-state index < -0.39 is 18.6 Å². The van der Waals surface area contributed by atoms with Crippen molar-refractivity contribution in [3.05, 3.63) is 29.8 Å². The van der Waals surface area contributed by atoms with Crippen LogP contribution < -0.4 is 11.1 Å². The molecule has 0 saturated heterocycles. The first kappa shape index (κ1) is 19.7. The molecule has 0 fully saturated rings. The minimum absolute atomic E-state index is 0. The van der Waals surface area contributed by atoms with E-state index in [9.17, 15) is 18.0 Å². The number of rotatable bonds is 6. The molecule has 0 radical (unpaired) electrons. The van der Waals surface area contributed by atoms with Crippen molar-refractivity contribution in [2.45, 2.75) is 44.8 Å². The number of carbonyl (C=O) groups excluding carboxylic acids is 1. The van der Waals surface area contributed by atoms with Crippen LogP contribution in [0.5, 0.6) is 0 Å². The van der Waals surface area contributed by atoms with Crippen molar-refractivity contribution in [2.24, 2.45) is 5.73 Å². The number of nitrogens with one attached hydrogen (secondary N) is 1. The van der Waals surface area contributed by atoms with Crippen LogP contribution in [0, 0.1) is 0 Å². The number of hydrogen-bond acceptors (Lipinski definition) is 2. The van der Waals surface area contributed by atoms with Gasteiger partial charge in [0.05, 0.1) is 6.04 Å². The van der Waals surface area contributed by atoms with Gasteiger partial charge in [-0.1, -0.05) is 31.5 Å². The van der Waals surface area contributed by atoms with Gasteiger partial charge >= 0.3 is 6.18 Å². The number of carbonyl (C=O) groups is 1. The highest BCUT2D eigenvalue weighted by Gasteiger charge is 2.27. The van der Waals surface area contributed by atoms with Gasteiger partial charge in [-0.2, -0.15) is 13.2 Å². The maximum atomic E-state index is 12.3. The highest BCUT2D eigenvalue weighted by Crippen LogP contribution is 2.25. The Bertz CT molecular complexity index is 452. The molecule has 1 atom stereocenters. The van der Waals surface area contributed by atoms with E-state index in [4.69, 9.17) is 5.73 Å². The molecule has 1 rings (SSSR count). The molecule has 1 aromatic carbocycles. The number of anilines is 1. The van der Waals surface area contributed by atoms with Crippen LogP contribution in [-0.4, -0.2) is 18.1 Å². The standard InChI is InChI=1S/C14H19F3N2O.ClH/c1-2-5-11(18)13(20)19-12-7-4-3-6-10(12)8-9-14(15,16)17;/h3-4,6-7,11H,2,5,8-9,18H2,1H3,(H,19,20);1H. The van der Waals surface area contributed by atoms with Crippen LogP contribution in [0.25, 0.3) is 0 Å². The van der Waals surface area contributed by atoms with Gasteiger partial charge in [0.2, 0.25) is 5.91 Å². The fraction of sp³-hybridized carbons (Fsp3) is 0.500. The molecule has 0 heterocycles. The van der Waals surface area contributed by atoms with Crippen molar-refractivity contribution in [1.29, 1.82) is 0 Å². The molecule has 0 aliphatic heterocycles. The Kier molecular flexibility index (Phi) is 8.36. The highest BCUT2D eigenvalue weighted by molar-refractivity contribution is 5.95. The Labute approximate surface area is 128 Å². The van der Waals surface area contributed by atoms with Crippen molar-refractivity contribution < 1.29 is 18.0 Å². The van der Waals surface area contributed by atoms with Gasteiger partial charge in [0.25, 0.3) is 0 Å². The summed E-state index contributed by atoms with van der Waals surface area (Å²) >= 11 is 0. The van der Waals surface area contributed by atoms with Crippen LogP contribution in [-0.2, 0) is 11.2 Å². The van der Waals surface area contributed by atoms with Crippen LogP contribution in [0.4, 0.5) is 18.9 Å². The predicted octanol–water partition coefficient (Wildman–Crippen LogP) is 3.67. The van der Waals surface area contributed by atoms with E-state index in [0.29, 0.717) is 17.7 Å². The van der Waals surface area contributed by atoms with Gasteiger partial charge < -0.3 is 11.1 Å². The second-order valence-corrected chi connectivity index (χ2v) is 4.66. The van der Waals surface area contributed by atoms with Crippen molar-refractivity contribution >= 4 is 24.0 Å². The quantitative estimate of drug-likeness (QED) is 0.839. The lowest BCUT2D eigenvalue weighted by Crippen LogP contribution is -2.35. The number of alkyl halides is 3. The molecule has 1 amide bonds. The second-order valence-electron chi connectivity index (χ2n) is 4.66. The summed E-state index contributed by atoms with van der Waals surface area (Å²) in [6, 6.07) is 5.83. The van der Waals surface area contributed by atoms with E-state index in [2.05, 4.69) is 5.32 Å². The molecule has 1 unspecified atom stereocenters. The Hall–Kier alpha value is -1.27. The van der Waals surface area contributed by atoms with Gasteiger partial charge in [0.15, 0.2) is 0 Å². The summed E-state index contributed by atoms with van der Waals surface area (Å²) in [5, 5.41) is 2.60. The van der Waals surface area contributed by atoms with Gasteiger partial charge in [-0.15, -0.1) is 12.4 Å². The normalized spacial score (nSPS) is 12.4. The first-order valence-corrected chi connectivity index (χ1v) is 6.54. The number of benzene rings is 1. The average molecular weight is 325 g/mol. The average Bonchev–Trinajstić information content (AvgIpc) is 2.37. The number of nitrogens with two attached hydrogens (primary N) is 1. The molecule has 7 heteroatoms. The molecule has 0 saturated carbocycles. The first-order chi connectivity index (χ1) is 9.33. The molecular weight excluding hydrogens is 305 g/mol. The molecule has 21 heavy (non-hydrogen) atoms. The molecule has 3 N–H and O–H groups in total. The molecule has 1 aromatic rings. The number of halogens is 4. The van der Waals surface area contributed by atoms with Crippen LogP contribution in [0.1, 0.15) is 31.7 Å². The van der Waals surface area contributed by atoms with E-state index in [-0.39, 0.29) is 24.7 Å². The van der Waals surface area contributed by atoms with Gasteiger partial charge in [-0.3, -0.25) is 4.79 Å². The number of para-hydroxylation sites is 1. The van der Waals surface area contributed by atoms with Gasteiger partial charge in [0, 0.05) is 12.1 Å². The third kappa shape index (κ3) is 7.34. The zero-order chi connectivity index (χ0) is 15.2. The van der Waals surface area contributed by atoms with E-state index in [1.807, 2.05) is 6.92 Å². The highest BCUT2D eigenvalue weighted by atomic mass is 35.5. The smallest absolute Gasteiger partial charge is 0.324 e. The monoisotopic (exact) mass is 324 g/mol. The number of amides is 1. The third-order valence-electron chi connectivity index (χ3n) is 2.89. The summed E-state index contributed by atoms with van der Waals surface area (Å²) in [5.74, 6) is -0.369. The molecular formula is C14H20ClF3N2O. The fourth-order valence-electron chi connectivity index (χ4n) is 1.80. The predicted molar refractivity (Wildman–Crippen MR) is 79.6 cm³/mol. The first-order valence-electron chi connectivity index (χ1n) is 6.54. The maximum absolute atomic E-state index is 12.3. The fourth-order valence-corrected chi connectivity index (χ4v) is 1.80. The van der Waals surface area contributed by atoms with E-state index in [1.165, 1.54) is 0 Å². The molecule has 0 aliphatic rings. The molecule has 120 valence electrons. The van der Waals surface area contributed by atoms with E-state index in [1.54, 1.807) is 24.3 Å². The second kappa shape index (κ2) is 8.89. The summed E-state index contributed by atoms with van der Waals surface area (Å²) in [6.45, 7) is 1.91. The SMILES string of the molecule is CCCC(N)C(=O)Nc1ccccc1CCC(F)(F)F.Cl. The molecule has 3 nitrogen and oxygen atoms in total. The largest absolute Gasteiger partial charge is 0.389 e. The summed E-state index contributed by atoms with van der Waals surface area (Å²) < 4.78 is 36.8. The number of aryl methyl sites for hydroxylation is 1. The lowest BCUT2D eigenvalue weighted by atomic mass is 10.1. The van der Waals surface area contributed by atoms with Crippen molar-refractivity contribution in [1.82, 2.24) is 0 Å². The van der Waals surface area contributed by atoms with Crippen LogP contribution in [0.3, 0.4) is 0 Å². The minimum Gasteiger partial charge on any atom is -0.324 e. The Morgan fingerprint density at radius 2 is 1.95 bits per heavy atom. The summed E-state index contributed by atoms with van der Waals surface area (Å²) in [5.41, 5.74) is 6.53. The lowest BCUT2D eigenvalue weighted by Gasteiger charge is -2.15. The van der Waals surface area contributed by atoms with E-state index >= 15 is 0 Å². The molecule has 0 bridgehead atoms. The zero-order valence-electron chi connectivity index (χ0n) is 11.7. The molecule has 0 spiro atoms. The minimum atomic E-state index is -4.21. The van der Waals surface area contributed by atoms with Crippen molar-refractivity contribution in [3.63, 3.8) is 0 Å². The summed E-state index contributed by atoms with van der Waals surface area (Å²) in [7, 11) is 0. The van der Waals surface area contributed by atoms with Crippen molar-refractivity contribution in [3.8, 4) is 0 Å². The molecule has 0 aromatic heterocycles. The lowest BCUT2D eigenvalue weighted by molar-refractivity contribution is -0.133. The van der Waals surface area contributed by atoms with Crippen LogP contribution >= 0.6 is 12.4 Å². The van der Waals surface area contributed by atoms with Gasteiger partial charge in [-0.25, -0.2) is 0 Å². The third-order valence-corrected chi connectivity index (χ3v) is 2.89. The Morgan fingerprint density at radius 3 is 2.52 bits per heavy atom. The van der Waals surface area contributed by atoms with E-state index in [0.717, 1.165) is 6.42 Å².